The number of nitrogens with one attached hydrogen (secondary N) is 1. The van der Waals surface area contributed by atoms with Gasteiger partial charge in [0, 0.05) is 32.2 Å². The van der Waals surface area contributed by atoms with E-state index in [4.69, 9.17) is 0 Å². The average Bonchev–Trinajstić information content (AvgIpc) is 2.43. The lowest BCUT2D eigenvalue weighted by atomic mass is 9.92. The van der Waals surface area contributed by atoms with Crippen LogP contribution >= 0.6 is 24.8 Å². The van der Waals surface area contributed by atoms with E-state index >= 15 is 0 Å². The Hall–Kier alpha value is -0.280. The first-order valence-electron chi connectivity index (χ1n) is 8.10. The Bertz CT molecular complexity index is 429. The van der Waals surface area contributed by atoms with Crippen molar-refractivity contribution in [2.75, 3.05) is 26.2 Å². The normalized spacial score (nSPS) is 16.8. The van der Waals surface area contributed by atoms with E-state index in [9.17, 15) is 0 Å². The van der Waals surface area contributed by atoms with Crippen molar-refractivity contribution in [3.05, 3.63) is 34.9 Å². The highest BCUT2D eigenvalue weighted by Crippen LogP contribution is 2.30. The molecule has 1 atom stereocenters. The molecule has 1 heterocycles. The Kier molecular flexibility index (Phi) is 10.4. The molecule has 0 aromatic heterocycles. The quantitative estimate of drug-likeness (QED) is 0.842. The maximum Gasteiger partial charge on any atom is 0.0352 e. The van der Waals surface area contributed by atoms with E-state index in [1.807, 2.05) is 0 Å². The van der Waals surface area contributed by atoms with Crippen LogP contribution in [0.4, 0.5) is 0 Å². The Balaban J connectivity index is 0.00000220. The molecule has 22 heavy (non-hydrogen) atoms. The predicted octanol–water partition coefficient (Wildman–Crippen LogP) is 4.53. The minimum absolute atomic E-state index is 0. The number of aryl methyl sites for hydroxylation is 2. The fourth-order valence-electron chi connectivity index (χ4n) is 3.14. The van der Waals surface area contributed by atoms with Crippen LogP contribution in [0, 0.1) is 19.8 Å². The third-order valence-corrected chi connectivity index (χ3v) is 4.40. The summed E-state index contributed by atoms with van der Waals surface area (Å²) in [6.45, 7) is 13.7. The lowest BCUT2D eigenvalue weighted by Gasteiger charge is -2.36. The van der Waals surface area contributed by atoms with Crippen LogP contribution in [0.3, 0.4) is 0 Å². The SMILES string of the molecule is Cc1ccc(C)c([C@H](CCC(C)C)N2CCNCC2)c1.Cl.Cl. The van der Waals surface area contributed by atoms with Crippen LogP contribution in [0.15, 0.2) is 18.2 Å². The lowest BCUT2D eigenvalue weighted by Crippen LogP contribution is -2.45. The number of rotatable bonds is 5. The minimum Gasteiger partial charge on any atom is -0.314 e. The molecule has 1 N–H and O–H groups in total. The Morgan fingerprint density at radius 1 is 1.05 bits per heavy atom. The van der Waals surface area contributed by atoms with Crippen LogP contribution in [-0.2, 0) is 0 Å². The summed E-state index contributed by atoms with van der Waals surface area (Å²) in [6.07, 6.45) is 2.59. The zero-order valence-electron chi connectivity index (χ0n) is 14.4. The van der Waals surface area contributed by atoms with Crippen molar-refractivity contribution >= 4 is 24.8 Å². The van der Waals surface area contributed by atoms with E-state index in [2.05, 4.69) is 56.1 Å². The molecular weight excluding hydrogens is 315 g/mol. The van der Waals surface area contributed by atoms with Crippen LogP contribution in [0.2, 0.25) is 0 Å². The van der Waals surface area contributed by atoms with Crippen LogP contribution in [0.25, 0.3) is 0 Å². The van der Waals surface area contributed by atoms with Crippen LogP contribution in [-0.4, -0.2) is 31.1 Å². The van der Waals surface area contributed by atoms with Gasteiger partial charge in [0.1, 0.15) is 0 Å². The van der Waals surface area contributed by atoms with Gasteiger partial charge in [-0.25, -0.2) is 0 Å². The molecule has 1 fully saturated rings. The first-order valence-corrected chi connectivity index (χ1v) is 8.10. The van der Waals surface area contributed by atoms with E-state index < -0.39 is 0 Å². The fraction of sp³-hybridized carbons (Fsp3) is 0.667. The molecule has 0 unspecified atom stereocenters. The predicted molar refractivity (Wildman–Crippen MR) is 102 cm³/mol. The van der Waals surface area contributed by atoms with E-state index in [1.165, 1.54) is 37.1 Å². The van der Waals surface area contributed by atoms with Crippen molar-refractivity contribution in [1.82, 2.24) is 10.2 Å². The van der Waals surface area contributed by atoms with Crippen LogP contribution in [0.5, 0.6) is 0 Å². The van der Waals surface area contributed by atoms with Crippen molar-refractivity contribution in [1.29, 1.82) is 0 Å². The minimum atomic E-state index is 0. The highest BCUT2D eigenvalue weighted by molar-refractivity contribution is 5.85. The second kappa shape index (κ2) is 10.5. The van der Waals surface area contributed by atoms with Gasteiger partial charge in [0.25, 0.3) is 0 Å². The monoisotopic (exact) mass is 346 g/mol. The maximum absolute atomic E-state index is 3.47. The molecule has 0 amide bonds. The largest absolute Gasteiger partial charge is 0.314 e. The second-order valence-electron chi connectivity index (χ2n) is 6.63. The number of benzene rings is 1. The molecule has 1 aliphatic rings. The molecule has 2 rings (SSSR count). The molecule has 1 aliphatic heterocycles. The summed E-state index contributed by atoms with van der Waals surface area (Å²) in [4.78, 5) is 2.68. The van der Waals surface area contributed by atoms with Crippen LogP contribution in [0.1, 0.15) is 49.4 Å². The van der Waals surface area contributed by atoms with Gasteiger partial charge in [0.15, 0.2) is 0 Å². The van der Waals surface area contributed by atoms with E-state index in [0.717, 1.165) is 19.0 Å². The fourth-order valence-corrected chi connectivity index (χ4v) is 3.14. The van der Waals surface area contributed by atoms with Gasteiger partial charge in [-0.05, 0) is 43.7 Å². The Morgan fingerprint density at radius 2 is 1.68 bits per heavy atom. The zero-order chi connectivity index (χ0) is 14.5. The first-order chi connectivity index (χ1) is 9.58. The van der Waals surface area contributed by atoms with Gasteiger partial charge in [0.05, 0.1) is 0 Å². The topological polar surface area (TPSA) is 15.3 Å². The molecule has 0 aliphatic carbocycles. The molecule has 0 radical (unpaired) electrons. The van der Waals surface area contributed by atoms with Gasteiger partial charge < -0.3 is 5.32 Å². The molecule has 128 valence electrons. The number of nitrogens with zero attached hydrogens (tertiary/aromatic N) is 1. The summed E-state index contributed by atoms with van der Waals surface area (Å²) < 4.78 is 0. The van der Waals surface area contributed by atoms with E-state index in [-0.39, 0.29) is 24.8 Å². The molecule has 1 aromatic rings. The third kappa shape index (κ3) is 6.08. The Morgan fingerprint density at radius 3 is 2.27 bits per heavy atom. The lowest BCUT2D eigenvalue weighted by molar-refractivity contribution is 0.159. The van der Waals surface area contributed by atoms with Crippen molar-refractivity contribution in [2.45, 2.75) is 46.6 Å². The summed E-state index contributed by atoms with van der Waals surface area (Å²) in [5, 5.41) is 3.47. The van der Waals surface area contributed by atoms with E-state index in [1.54, 1.807) is 5.56 Å². The second-order valence-corrected chi connectivity index (χ2v) is 6.63. The molecular formula is C18H32Cl2N2. The van der Waals surface area contributed by atoms with Gasteiger partial charge in [-0.3, -0.25) is 4.90 Å². The first kappa shape index (κ1) is 21.7. The van der Waals surface area contributed by atoms with Crippen molar-refractivity contribution in [3.8, 4) is 0 Å². The number of hydrogen-bond acceptors (Lipinski definition) is 2. The maximum atomic E-state index is 3.47. The number of halogens is 2. The number of piperazine rings is 1. The van der Waals surface area contributed by atoms with Gasteiger partial charge in [-0.15, -0.1) is 24.8 Å². The summed E-state index contributed by atoms with van der Waals surface area (Å²) in [5.41, 5.74) is 4.38. The van der Waals surface area contributed by atoms with Gasteiger partial charge in [0.2, 0.25) is 0 Å². The summed E-state index contributed by atoms with van der Waals surface area (Å²) in [6, 6.07) is 7.52. The van der Waals surface area contributed by atoms with Crippen LogP contribution < -0.4 is 5.32 Å². The Labute approximate surface area is 148 Å². The molecule has 2 nitrogen and oxygen atoms in total. The summed E-state index contributed by atoms with van der Waals surface area (Å²) in [7, 11) is 0. The standard InChI is InChI=1S/C18H30N2.2ClH/c1-14(2)5-8-18(20-11-9-19-10-12-20)17-13-15(3)6-7-16(17)4;;/h6-7,13-14,18-19H,5,8-12H2,1-4H3;2*1H/t18-;;/m0../s1. The third-order valence-electron chi connectivity index (χ3n) is 4.40. The molecule has 0 saturated carbocycles. The molecule has 1 aromatic carbocycles. The van der Waals surface area contributed by atoms with E-state index in [0.29, 0.717) is 6.04 Å². The summed E-state index contributed by atoms with van der Waals surface area (Å²) >= 11 is 0. The highest BCUT2D eigenvalue weighted by atomic mass is 35.5. The average molecular weight is 347 g/mol. The van der Waals surface area contributed by atoms with Crippen molar-refractivity contribution in [3.63, 3.8) is 0 Å². The zero-order valence-corrected chi connectivity index (χ0v) is 16.0. The van der Waals surface area contributed by atoms with Gasteiger partial charge in [-0.1, -0.05) is 37.6 Å². The number of hydrogen-bond donors (Lipinski definition) is 1. The van der Waals surface area contributed by atoms with Gasteiger partial charge in [-0.2, -0.15) is 0 Å². The smallest absolute Gasteiger partial charge is 0.0352 e. The molecule has 4 heteroatoms. The molecule has 0 bridgehead atoms. The molecule has 1 saturated heterocycles. The molecule has 0 spiro atoms. The van der Waals surface area contributed by atoms with Gasteiger partial charge >= 0.3 is 0 Å². The van der Waals surface area contributed by atoms with Crippen molar-refractivity contribution in [2.24, 2.45) is 5.92 Å². The van der Waals surface area contributed by atoms with Crippen molar-refractivity contribution < 1.29 is 0 Å². The summed E-state index contributed by atoms with van der Waals surface area (Å²) in [5.74, 6) is 0.783. The highest BCUT2D eigenvalue weighted by Gasteiger charge is 2.23.